The minimum absolute atomic E-state index is 0.137. The summed E-state index contributed by atoms with van der Waals surface area (Å²) in [5.41, 5.74) is 2.39. The van der Waals surface area contributed by atoms with Gasteiger partial charge < -0.3 is 19.7 Å². The molecule has 1 atom stereocenters. The average Bonchev–Trinajstić information content (AvgIpc) is 3.14. The van der Waals surface area contributed by atoms with Crippen molar-refractivity contribution in [3.8, 4) is 5.75 Å². The number of carbonyl (C=O) groups is 1. The molecule has 1 saturated heterocycles. The summed E-state index contributed by atoms with van der Waals surface area (Å²) >= 11 is 0. The topological polar surface area (TPSA) is 50.8 Å². The summed E-state index contributed by atoms with van der Waals surface area (Å²) in [4.78, 5) is 14.4. The Bertz CT molecular complexity index is 707. The van der Waals surface area contributed by atoms with E-state index < -0.39 is 0 Å². The summed E-state index contributed by atoms with van der Waals surface area (Å²) in [6, 6.07) is 14.9. The Morgan fingerprint density at radius 2 is 2.04 bits per heavy atom. The van der Waals surface area contributed by atoms with Crippen LogP contribution in [0.25, 0.3) is 0 Å². The number of hydrogen-bond donors (Lipinski definition) is 1. The van der Waals surface area contributed by atoms with Crippen LogP contribution in [0.1, 0.15) is 23.2 Å². The van der Waals surface area contributed by atoms with E-state index in [2.05, 4.69) is 5.32 Å². The molecule has 1 aliphatic heterocycles. The monoisotopic (exact) mass is 340 g/mol. The van der Waals surface area contributed by atoms with Crippen molar-refractivity contribution in [3.63, 3.8) is 0 Å². The van der Waals surface area contributed by atoms with Crippen LogP contribution in [0.5, 0.6) is 5.75 Å². The number of nitrogens with zero attached hydrogens (tertiary/aromatic N) is 1. The van der Waals surface area contributed by atoms with Crippen molar-refractivity contribution in [2.24, 2.45) is 0 Å². The average molecular weight is 340 g/mol. The molecule has 2 aromatic rings. The summed E-state index contributed by atoms with van der Waals surface area (Å²) in [7, 11) is 3.94. The molecule has 25 heavy (non-hydrogen) atoms. The van der Waals surface area contributed by atoms with Gasteiger partial charge in [-0.15, -0.1) is 0 Å². The van der Waals surface area contributed by atoms with Crippen LogP contribution >= 0.6 is 0 Å². The zero-order valence-electron chi connectivity index (χ0n) is 14.7. The van der Waals surface area contributed by atoms with Gasteiger partial charge in [-0.05, 0) is 49.2 Å². The van der Waals surface area contributed by atoms with Crippen molar-refractivity contribution in [1.29, 1.82) is 0 Å². The Morgan fingerprint density at radius 3 is 2.72 bits per heavy atom. The van der Waals surface area contributed by atoms with E-state index in [0.29, 0.717) is 17.9 Å². The van der Waals surface area contributed by atoms with Crippen LogP contribution in [0.4, 0.5) is 11.4 Å². The molecule has 1 aliphatic rings. The highest BCUT2D eigenvalue weighted by Crippen LogP contribution is 2.20. The number of rotatable bonds is 6. The lowest BCUT2D eigenvalue weighted by Crippen LogP contribution is -2.16. The molecule has 1 fully saturated rings. The molecule has 3 rings (SSSR count). The first-order chi connectivity index (χ1) is 12.1. The molecule has 0 bridgehead atoms. The Labute approximate surface area is 148 Å². The first kappa shape index (κ1) is 17.3. The van der Waals surface area contributed by atoms with Crippen molar-refractivity contribution in [2.75, 3.05) is 37.5 Å². The maximum Gasteiger partial charge on any atom is 0.255 e. The Hall–Kier alpha value is -2.53. The van der Waals surface area contributed by atoms with Crippen molar-refractivity contribution in [1.82, 2.24) is 0 Å². The molecule has 0 aliphatic carbocycles. The maximum absolute atomic E-state index is 12.4. The summed E-state index contributed by atoms with van der Waals surface area (Å²) in [5.74, 6) is 0.595. The zero-order valence-corrected chi connectivity index (χ0v) is 14.7. The third-order valence-corrected chi connectivity index (χ3v) is 4.20. The fourth-order valence-electron chi connectivity index (χ4n) is 2.74. The third-order valence-electron chi connectivity index (χ3n) is 4.20. The Kier molecular flexibility index (Phi) is 5.56. The van der Waals surface area contributed by atoms with Crippen LogP contribution in [-0.2, 0) is 4.74 Å². The number of nitrogens with one attached hydrogen (secondary N) is 1. The number of amides is 1. The first-order valence-corrected chi connectivity index (χ1v) is 8.55. The van der Waals surface area contributed by atoms with Crippen LogP contribution in [0.15, 0.2) is 48.5 Å². The molecular formula is C20H24N2O3. The molecule has 1 amide bonds. The van der Waals surface area contributed by atoms with E-state index in [9.17, 15) is 4.79 Å². The van der Waals surface area contributed by atoms with E-state index >= 15 is 0 Å². The summed E-state index contributed by atoms with van der Waals surface area (Å²) in [6.07, 6.45) is 2.31. The molecule has 0 unspecified atom stereocenters. The van der Waals surface area contributed by atoms with Gasteiger partial charge >= 0.3 is 0 Å². The molecule has 132 valence electrons. The summed E-state index contributed by atoms with van der Waals surface area (Å²) in [5, 5.41) is 2.91. The second-order valence-electron chi connectivity index (χ2n) is 6.37. The van der Waals surface area contributed by atoms with Crippen LogP contribution in [0.3, 0.4) is 0 Å². The van der Waals surface area contributed by atoms with Gasteiger partial charge in [-0.25, -0.2) is 0 Å². The number of hydrogen-bond acceptors (Lipinski definition) is 4. The molecule has 2 aromatic carbocycles. The van der Waals surface area contributed by atoms with Gasteiger partial charge in [0.1, 0.15) is 12.4 Å². The van der Waals surface area contributed by atoms with Gasteiger partial charge in [0.25, 0.3) is 5.91 Å². The lowest BCUT2D eigenvalue weighted by Gasteiger charge is -2.13. The predicted molar refractivity (Wildman–Crippen MR) is 99.6 cm³/mol. The van der Waals surface area contributed by atoms with E-state index in [1.54, 1.807) is 0 Å². The lowest BCUT2D eigenvalue weighted by molar-refractivity contribution is 0.0680. The molecular weight excluding hydrogens is 316 g/mol. The molecule has 1 heterocycles. The molecule has 0 radical (unpaired) electrons. The van der Waals surface area contributed by atoms with Gasteiger partial charge in [-0.3, -0.25) is 4.79 Å². The van der Waals surface area contributed by atoms with Crippen LogP contribution in [0, 0.1) is 0 Å². The second-order valence-corrected chi connectivity index (χ2v) is 6.37. The minimum Gasteiger partial charge on any atom is -0.491 e. The predicted octanol–water partition coefficient (Wildman–Crippen LogP) is 3.56. The van der Waals surface area contributed by atoms with Gasteiger partial charge in [0.05, 0.1) is 6.10 Å². The van der Waals surface area contributed by atoms with Gasteiger partial charge in [0, 0.05) is 43.7 Å². The van der Waals surface area contributed by atoms with Crippen molar-refractivity contribution < 1.29 is 14.3 Å². The highest BCUT2D eigenvalue weighted by atomic mass is 16.5. The lowest BCUT2D eigenvalue weighted by atomic mass is 10.2. The van der Waals surface area contributed by atoms with Gasteiger partial charge in [0.15, 0.2) is 0 Å². The summed E-state index contributed by atoms with van der Waals surface area (Å²) < 4.78 is 11.3. The zero-order chi connectivity index (χ0) is 17.6. The van der Waals surface area contributed by atoms with Gasteiger partial charge in [0.2, 0.25) is 0 Å². The van der Waals surface area contributed by atoms with Crippen molar-refractivity contribution in [3.05, 3.63) is 54.1 Å². The van der Waals surface area contributed by atoms with Crippen LogP contribution < -0.4 is 15.0 Å². The Balaban J connectivity index is 1.59. The minimum atomic E-state index is -0.137. The van der Waals surface area contributed by atoms with E-state index in [4.69, 9.17) is 9.47 Å². The first-order valence-electron chi connectivity index (χ1n) is 8.55. The van der Waals surface area contributed by atoms with Crippen LogP contribution in [0.2, 0.25) is 0 Å². The highest BCUT2D eigenvalue weighted by Gasteiger charge is 2.16. The van der Waals surface area contributed by atoms with E-state index in [1.807, 2.05) is 67.5 Å². The van der Waals surface area contributed by atoms with E-state index in [1.165, 1.54) is 0 Å². The van der Waals surface area contributed by atoms with E-state index in [0.717, 1.165) is 30.9 Å². The fourth-order valence-corrected chi connectivity index (χ4v) is 2.74. The van der Waals surface area contributed by atoms with Gasteiger partial charge in [-0.2, -0.15) is 0 Å². The molecule has 0 saturated carbocycles. The van der Waals surface area contributed by atoms with Crippen molar-refractivity contribution >= 4 is 17.3 Å². The van der Waals surface area contributed by atoms with Crippen LogP contribution in [-0.4, -0.2) is 39.3 Å². The normalized spacial score (nSPS) is 16.5. The molecule has 1 N–H and O–H groups in total. The van der Waals surface area contributed by atoms with E-state index in [-0.39, 0.29) is 12.0 Å². The molecule has 0 aromatic heterocycles. The molecule has 0 spiro atoms. The number of carbonyl (C=O) groups excluding carboxylic acids is 1. The largest absolute Gasteiger partial charge is 0.491 e. The maximum atomic E-state index is 12.4. The second kappa shape index (κ2) is 8.03. The standard InChI is InChI=1S/C20H24N2O3/c1-22(2)17-10-8-15(9-11-17)20(23)21-16-5-3-6-18(13-16)25-14-19-7-4-12-24-19/h3,5-6,8-11,13,19H,4,7,12,14H2,1-2H3,(H,21,23)/t19-/m0/s1. The number of anilines is 2. The Morgan fingerprint density at radius 1 is 1.24 bits per heavy atom. The quantitative estimate of drug-likeness (QED) is 0.873. The van der Waals surface area contributed by atoms with Gasteiger partial charge in [-0.1, -0.05) is 6.07 Å². The third kappa shape index (κ3) is 4.73. The molecule has 5 nitrogen and oxygen atoms in total. The fraction of sp³-hybridized carbons (Fsp3) is 0.350. The highest BCUT2D eigenvalue weighted by molar-refractivity contribution is 6.04. The van der Waals surface area contributed by atoms with Crippen molar-refractivity contribution in [2.45, 2.75) is 18.9 Å². The SMILES string of the molecule is CN(C)c1ccc(C(=O)Nc2cccc(OC[C@@H]3CCCO3)c2)cc1. The number of ether oxygens (including phenoxy) is 2. The smallest absolute Gasteiger partial charge is 0.255 e. The summed E-state index contributed by atoms with van der Waals surface area (Å²) in [6.45, 7) is 1.36. The number of benzene rings is 2. The molecule has 5 heteroatoms.